The fourth-order valence-electron chi connectivity index (χ4n) is 3.04. The maximum atomic E-state index is 11.7. The van der Waals surface area contributed by atoms with Crippen molar-refractivity contribution in [1.82, 2.24) is 24.1 Å². The molecule has 3 rings (SSSR count). The molecule has 0 radical (unpaired) electrons. The standard InChI is InChI=1S/C15H21N5O2S/c1-19-15(5-6-17-19)14-10-16-9-13(18-14)8-12-4-3-7-20(11-12)23(2,21)22/h5-6,9-10,12H,3-4,7-8,11H2,1-2H3. The summed E-state index contributed by atoms with van der Waals surface area (Å²) in [6.45, 7) is 1.19. The van der Waals surface area contributed by atoms with Gasteiger partial charge in [-0.05, 0) is 31.2 Å². The van der Waals surface area contributed by atoms with Crippen LogP contribution in [0.1, 0.15) is 18.5 Å². The molecule has 0 aromatic carbocycles. The van der Waals surface area contributed by atoms with Gasteiger partial charge in [0.1, 0.15) is 5.69 Å². The second-order valence-electron chi connectivity index (χ2n) is 6.07. The van der Waals surface area contributed by atoms with Gasteiger partial charge >= 0.3 is 0 Å². The van der Waals surface area contributed by atoms with Crippen LogP contribution in [0.2, 0.25) is 0 Å². The molecule has 0 bridgehead atoms. The lowest BCUT2D eigenvalue weighted by Crippen LogP contribution is -2.39. The van der Waals surface area contributed by atoms with Gasteiger partial charge < -0.3 is 0 Å². The third-order valence-corrected chi connectivity index (χ3v) is 5.49. The highest BCUT2D eigenvalue weighted by Gasteiger charge is 2.26. The molecule has 8 heteroatoms. The van der Waals surface area contributed by atoms with Gasteiger partial charge in [-0.25, -0.2) is 17.7 Å². The van der Waals surface area contributed by atoms with E-state index in [4.69, 9.17) is 0 Å². The van der Waals surface area contributed by atoms with Crippen molar-refractivity contribution in [3.8, 4) is 11.4 Å². The van der Waals surface area contributed by atoms with E-state index >= 15 is 0 Å². The first kappa shape index (κ1) is 16.1. The predicted octanol–water partition coefficient (Wildman–Crippen LogP) is 1.09. The number of hydrogen-bond acceptors (Lipinski definition) is 5. The lowest BCUT2D eigenvalue weighted by atomic mass is 9.95. The molecule has 0 spiro atoms. The van der Waals surface area contributed by atoms with Crippen LogP contribution in [-0.4, -0.2) is 51.8 Å². The molecule has 1 aliphatic heterocycles. The molecule has 3 heterocycles. The van der Waals surface area contributed by atoms with E-state index in [1.807, 2.05) is 13.1 Å². The van der Waals surface area contributed by atoms with Gasteiger partial charge in [-0.2, -0.15) is 5.10 Å². The SMILES string of the molecule is Cn1nccc1-c1cncc(CC2CCCN(S(C)(=O)=O)C2)n1. The van der Waals surface area contributed by atoms with Crippen molar-refractivity contribution in [1.29, 1.82) is 0 Å². The van der Waals surface area contributed by atoms with Crippen LogP contribution in [0.5, 0.6) is 0 Å². The van der Waals surface area contributed by atoms with E-state index in [1.54, 1.807) is 27.6 Å². The van der Waals surface area contributed by atoms with Crippen LogP contribution in [0.4, 0.5) is 0 Å². The quantitative estimate of drug-likeness (QED) is 0.835. The zero-order chi connectivity index (χ0) is 16.4. The summed E-state index contributed by atoms with van der Waals surface area (Å²) in [7, 11) is -1.24. The van der Waals surface area contributed by atoms with Crippen LogP contribution in [0.25, 0.3) is 11.4 Å². The van der Waals surface area contributed by atoms with E-state index in [0.29, 0.717) is 13.1 Å². The average molecular weight is 335 g/mol. The lowest BCUT2D eigenvalue weighted by Gasteiger charge is -2.30. The van der Waals surface area contributed by atoms with E-state index < -0.39 is 10.0 Å². The highest BCUT2D eigenvalue weighted by atomic mass is 32.2. The molecular weight excluding hydrogens is 314 g/mol. The highest BCUT2D eigenvalue weighted by molar-refractivity contribution is 7.88. The van der Waals surface area contributed by atoms with Gasteiger partial charge in [0.05, 0.1) is 23.8 Å². The number of hydrogen-bond donors (Lipinski definition) is 0. The Labute approximate surface area is 136 Å². The second-order valence-corrected chi connectivity index (χ2v) is 8.05. The normalized spacial score (nSPS) is 19.8. The largest absolute Gasteiger partial charge is 0.266 e. The maximum Gasteiger partial charge on any atom is 0.211 e. The molecule has 7 nitrogen and oxygen atoms in total. The van der Waals surface area contributed by atoms with E-state index in [9.17, 15) is 8.42 Å². The molecule has 124 valence electrons. The first-order chi connectivity index (χ1) is 10.9. The van der Waals surface area contributed by atoms with E-state index in [0.717, 1.165) is 36.3 Å². The molecule has 0 amide bonds. The summed E-state index contributed by atoms with van der Waals surface area (Å²) < 4.78 is 26.8. The Morgan fingerprint density at radius 2 is 2.17 bits per heavy atom. The third-order valence-electron chi connectivity index (χ3n) is 4.22. The van der Waals surface area contributed by atoms with Gasteiger partial charge in [-0.1, -0.05) is 0 Å². The van der Waals surface area contributed by atoms with E-state index in [1.165, 1.54) is 6.26 Å². The lowest BCUT2D eigenvalue weighted by molar-refractivity contribution is 0.265. The Balaban J connectivity index is 1.75. The second kappa shape index (κ2) is 6.37. The third kappa shape index (κ3) is 3.76. The summed E-state index contributed by atoms with van der Waals surface area (Å²) in [5, 5.41) is 4.15. The minimum Gasteiger partial charge on any atom is -0.266 e. The van der Waals surface area contributed by atoms with Gasteiger partial charge in [0.2, 0.25) is 10.0 Å². The molecule has 2 aromatic heterocycles. The molecule has 1 saturated heterocycles. The van der Waals surface area contributed by atoms with Crippen molar-refractivity contribution >= 4 is 10.0 Å². The number of rotatable bonds is 4. The minimum atomic E-state index is -3.11. The molecule has 0 saturated carbocycles. The average Bonchev–Trinajstić information content (AvgIpc) is 2.93. The summed E-state index contributed by atoms with van der Waals surface area (Å²) >= 11 is 0. The van der Waals surface area contributed by atoms with Gasteiger partial charge in [0, 0.05) is 32.5 Å². The number of sulfonamides is 1. The van der Waals surface area contributed by atoms with Gasteiger partial charge in [0.25, 0.3) is 0 Å². The Morgan fingerprint density at radius 3 is 2.87 bits per heavy atom. The molecule has 2 aromatic rings. The van der Waals surface area contributed by atoms with Gasteiger partial charge in [-0.15, -0.1) is 0 Å². The summed E-state index contributed by atoms with van der Waals surface area (Å²) in [5.74, 6) is 0.287. The zero-order valence-corrected chi connectivity index (χ0v) is 14.2. The smallest absolute Gasteiger partial charge is 0.211 e. The highest BCUT2D eigenvalue weighted by Crippen LogP contribution is 2.22. The van der Waals surface area contributed by atoms with Crippen molar-refractivity contribution in [3.05, 3.63) is 30.4 Å². The van der Waals surface area contributed by atoms with Crippen LogP contribution < -0.4 is 0 Å². The molecule has 1 aliphatic rings. The Bertz CT molecular complexity index is 787. The van der Waals surface area contributed by atoms with Crippen molar-refractivity contribution in [2.75, 3.05) is 19.3 Å². The van der Waals surface area contributed by atoms with Crippen molar-refractivity contribution in [2.24, 2.45) is 13.0 Å². The molecular formula is C15H21N5O2S. The first-order valence-electron chi connectivity index (χ1n) is 7.68. The monoisotopic (exact) mass is 335 g/mol. The number of nitrogens with zero attached hydrogens (tertiary/aromatic N) is 5. The summed E-state index contributed by atoms with van der Waals surface area (Å²) in [6.07, 6.45) is 9.15. The fourth-order valence-corrected chi connectivity index (χ4v) is 3.99. The first-order valence-corrected chi connectivity index (χ1v) is 9.53. The Hall–Kier alpha value is -1.80. The predicted molar refractivity (Wildman–Crippen MR) is 87.1 cm³/mol. The molecule has 23 heavy (non-hydrogen) atoms. The fraction of sp³-hybridized carbons (Fsp3) is 0.533. The van der Waals surface area contributed by atoms with Crippen molar-refractivity contribution in [3.63, 3.8) is 0 Å². The maximum absolute atomic E-state index is 11.7. The Morgan fingerprint density at radius 1 is 1.35 bits per heavy atom. The van der Waals surface area contributed by atoms with Gasteiger partial charge in [0.15, 0.2) is 0 Å². The van der Waals surface area contributed by atoms with Crippen molar-refractivity contribution < 1.29 is 8.42 Å². The van der Waals surface area contributed by atoms with Crippen molar-refractivity contribution in [2.45, 2.75) is 19.3 Å². The number of piperidine rings is 1. The summed E-state index contributed by atoms with van der Waals surface area (Å²) in [4.78, 5) is 8.95. The summed E-state index contributed by atoms with van der Waals surface area (Å²) in [5.41, 5.74) is 2.60. The minimum absolute atomic E-state index is 0.287. The van der Waals surface area contributed by atoms with Crippen LogP contribution in [0.3, 0.4) is 0 Å². The summed E-state index contributed by atoms with van der Waals surface area (Å²) in [6, 6.07) is 1.90. The molecule has 0 N–H and O–H groups in total. The number of aromatic nitrogens is 4. The van der Waals surface area contributed by atoms with E-state index in [-0.39, 0.29) is 5.92 Å². The molecule has 1 atom stereocenters. The zero-order valence-electron chi connectivity index (χ0n) is 13.4. The van der Waals surface area contributed by atoms with Crippen LogP contribution >= 0.6 is 0 Å². The van der Waals surface area contributed by atoms with Crippen LogP contribution in [-0.2, 0) is 23.5 Å². The number of aryl methyl sites for hydroxylation is 1. The molecule has 0 aliphatic carbocycles. The topological polar surface area (TPSA) is 81.0 Å². The Kier molecular flexibility index (Phi) is 4.45. The molecule has 1 fully saturated rings. The van der Waals surface area contributed by atoms with E-state index in [2.05, 4.69) is 15.1 Å². The van der Waals surface area contributed by atoms with Crippen LogP contribution in [0.15, 0.2) is 24.7 Å². The molecule has 1 unspecified atom stereocenters. The van der Waals surface area contributed by atoms with Crippen LogP contribution in [0, 0.1) is 5.92 Å². The van der Waals surface area contributed by atoms with Gasteiger partial charge in [-0.3, -0.25) is 9.67 Å².